The molecule has 2 N–H and O–H groups in total. The molecule has 0 saturated heterocycles. The molecule has 0 spiro atoms. The highest BCUT2D eigenvalue weighted by molar-refractivity contribution is 9.10. The van der Waals surface area contributed by atoms with Crippen molar-refractivity contribution in [2.75, 3.05) is 5.32 Å². The second-order valence-corrected chi connectivity index (χ2v) is 5.69. The Balaban J connectivity index is 2.80. The molecule has 18 heavy (non-hydrogen) atoms. The molecular formula is C10H8BrCl3N2O2. The van der Waals surface area contributed by atoms with Gasteiger partial charge in [0, 0.05) is 4.47 Å². The molecule has 8 heteroatoms. The molecule has 4 nitrogen and oxygen atoms in total. The van der Waals surface area contributed by atoms with Gasteiger partial charge in [0.05, 0.1) is 15.7 Å². The molecule has 0 aliphatic carbocycles. The topological polar surface area (TPSA) is 58.2 Å². The van der Waals surface area contributed by atoms with Gasteiger partial charge in [0.15, 0.2) is 0 Å². The van der Waals surface area contributed by atoms with Crippen molar-refractivity contribution in [1.29, 1.82) is 0 Å². The van der Waals surface area contributed by atoms with Crippen LogP contribution in [0.1, 0.15) is 6.92 Å². The molecule has 1 aromatic carbocycles. The van der Waals surface area contributed by atoms with E-state index in [1.807, 2.05) is 5.32 Å². The van der Waals surface area contributed by atoms with Crippen LogP contribution in [0.4, 0.5) is 10.5 Å². The smallest absolute Gasteiger partial charge is 0.305 e. The van der Waals surface area contributed by atoms with Gasteiger partial charge in [-0.3, -0.25) is 10.1 Å². The van der Waals surface area contributed by atoms with Crippen LogP contribution in [0.5, 0.6) is 0 Å². The lowest BCUT2D eigenvalue weighted by Gasteiger charge is -2.11. The van der Waals surface area contributed by atoms with Crippen LogP contribution >= 0.6 is 50.7 Å². The number of imide groups is 1. The molecule has 0 saturated carbocycles. The van der Waals surface area contributed by atoms with E-state index in [0.29, 0.717) is 4.47 Å². The Morgan fingerprint density at radius 1 is 1.28 bits per heavy atom. The molecule has 1 rings (SSSR count). The molecule has 1 atom stereocenters. The summed E-state index contributed by atoms with van der Waals surface area (Å²) in [5.74, 6) is -0.612. The van der Waals surface area contributed by atoms with Gasteiger partial charge in [0.1, 0.15) is 5.38 Å². The summed E-state index contributed by atoms with van der Waals surface area (Å²) in [4.78, 5) is 22.7. The average Bonchev–Trinajstić information content (AvgIpc) is 2.23. The number of urea groups is 1. The Hall–Kier alpha value is -0.490. The highest BCUT2D eigenvalue weighted by Crippen LogP contribution is 2.33. The third-order valence-corrected chi connectivity index (χ3v) is 3.10. The normalized spacial score (nSPS) is 11.8. The number of alkyl halides is 1. The van der Waals surface area contributed by atoms with E-state index in [1.54, 1.807) is 12.1 Å². The third-order valence-electron chi connectivity index (χ3n) is 1.84. The Morgan fingerprint density at radius 3 is 2.22 bits per heavy atom. The van der Waals surface area contributed by atoms with E-state index in [2.05, 4.69) is 21.2 Å². The zero-order chi connectivity index (χ0) is 13.9. The highest BCUT2D eigenvalue weighted by atomic mass is 79.9. The van der Waals surface area contributed by atoms with E-state index in [9.17, 15) is 9.59 Å². The maximum atomic E-state index is 11.5. The van der Waals surface area contributed by atoms with Crippen molar-refractivity contribution in [1.82, 2.24) is 5.32 Å². The third kappa shape index (κ3) is 4.31. The van der Waals surface area contributed by atoms with Gasteiger partial charge >= 0.3 is 6.03 Å². The number of amides is 3. The lowest BCUT2D eigenvalue weighted by atomic mass is 10.3. The van der Waals surface area contributed by atoms with Gasteiger partial charge in [-0.05, 0) is 19.1 Å². The summed E-state index contributed by atoms with van der Waals surface area (Å²) in [6.07, 6.45) is 0. The Kier molecular flexibility index (Phi) is 5.72. The number of nitrogens with one attached hydrogen (secondary N) is 2. The van der Waals surface area contributed by atoms with Gasteiger partial charge in [-0.1, -0.05) is 39.1 Å². The zero-order valence-corrected chi connectivity index (χ0v) is 12.9. The van der Waals surface area contributed by atoms with Crippen molar-refractivity contribution in [2.24, 2.45) is 0 Å². The summed E-state index contributed by atoms with van der Waals surface area (Å²) < 4.78 is 0.675. The molecule has 0 aromatic heterocycles. The summed E-state index contributed by atoms with van der Waals surface area (Å²) in [5.41, 5.74) is 0.217. The first-order chi connectivity index (χ1) is 8.31. The van der Waals surface area contributed by atoms with Gasteiger partial charge < -0.3 is 5.32 Å². The average molecular weight is 374 g/mol. The molecule has 98 valence electrons. The first-order valence-electron chi connectivity index (χ1n) is 4.71. The van der Waals surface area contributed by atoms with Gasteiger partial charge in [0.2, 0.25) is 5.91 Å². The van der Waals surface area contributed by atoms with Crippen molar-refractivity contribution < 1.29 is 9.59 Å². The molecular weight excluding hydrogens is 366 g/mol. The number of halogens is 4. The van der Waals surface area contributed by atoms with Crippen LogP contribution in [0.2, 0.25) is 10.0 Å². The first-order valence-corrected chi connectivity index (χ1v) is 6.70. The number of benzene rings is 1. The van der Waals surface area contributed by atoms with E-state index in [1.165, 1.54) is 6.92 Å². The molecule has 0 radical (unpaired) electrons. The molecule has 1 unspecified atom stereocenters. The van der Waals surface area contributed by atoms with Gasteiger partial charge in [-0.15, -0.1) is 11.6 Å². The fourth-order valence-corrected chi connectivity index (χ4v) is 2.38. The standard InChI is InChI=1S/C10H8BrCl3N2O2/c1-4(12)9(17)16-10(18)15-8-6(13)2-5(11)3-7(8)14/h2-4H,1H3,(H2,15,16,17,18). The Labute approximate surface area is 127 Å². The van der Waals surface area contributed by atoms with Crippen molar-refractivity contribution in [3.8, 4) is 0 Å². The molecule has 0 aliphatic heterocycles. The van der Waals surface area contributed by atoms with Gasteiger partial charge in [0.25, 0.3) is 0 Å². The van der Waals surface area contributed by atoms with Crippen LogP contribution in [0, 0.1) is 0 Å². The predicted octanol–water partition coefficient (Wildman–Crippen LogP) is 4.03. The highest BCUT2D eigenvalue weighted by Gasteiger charge is 2.15. The summed E-state index contributed by atoms with van der Waals surface area (Å²) in [7, 11) is 0. The summed E-state index contributed by atoms with van der Waals surface area (Å²) >= 11 is 20.5. The Bertz CT molecular complexity index is 471. The SMILES string of the molecule is CC(Cl)C(=O)NC(=O)Nc1c(Cl)cc(Br)cc1Cl. The van der Waals surface area contributed by atoms with Gasteiger partial charge in [-0.25, -0.2) is 4.79 Å². The van der Waals surface area contributed by atoms with E-state index in [0.717, 1.165) is 0 Å². The number of carbonyl (C=O) groups is 2. The summed E-state index contributed by atoms with van der Waals surface area (Å²) in [6, 6.07) is 2.38. The lowest BCUT2D eigenvalue weighted by molar-refractivity contribution is -0.119. The molecule has 0 aliphatic rings. The van der Waals surface area contributed by atoms with Crippen LogP contribution in [-0.2, 0) is 4.79 Å². The quantitative estimate of drug-likeness (QED) is 0.768. The van der Waals surface area contributed by atoms with E-state index < -0.39 is 17.3 Å². The molecule has 0 bridgehead atoms. The summed E-state index contributed by atoms with van der Waals surface area (Å²) in [6.45, 7) is 1.45. The molecule has 0 fully saturated rings. The fourth-order valence-electron chi connectivity index (χ4n) is 1.02. The summed E-state index contributed by atoms with van der Waals surface area (Å²) in [5, 5.41) is 4.10. The van der Waals surface area contributed by atoms with Crippen LogP contribution < -0.4 is 10.6 Å². The Morgan fingerprint density at radius 2 is 1.78 bits per heavy atom. The minimum atomic E-state index is -0.813. The van der Waals surface area contributed by atoms with Crippen molar-refractivity contribution in [3.63, 3.8) is 0 Å². The number of hydrogen-bond acceptors (Lipinski definition) is 2. The minimum Gasteiger partial charge on any atom is -0.305 e. The van der Waals surface area contributed by atoms with E-state index in [-0.39, 0.29) is 15.7 Å². The van der Waals surface area contributed by atoms with Crippen LogP contribution in [0.3, 0.4) is 0 Å². The molecule has 1 aromatic rings. The number of hydrogen-bond donors (Lipinski definition) is 2. The van der Waals surface area contributed by atoms with Gasteiger partial charge in [-0.2, -0.15) is 0 Å². The van der Waals surface area contributed by atoms with E-state index >= 15 is 0 Å². The van der Waals surface area contributed by atoms with Crippen molar-refractivity contribution >= 4 is 68.4 Å². The largest absolute Gasteiger partial charge is 0.326 e. The number of anilines is 1. The first kappa shape index (κ1) is 15.6. The van der Waals surface area contributed by atoms with Crippen LogP contribution in [0.25, 0.3) is 0 Å². The van der Waals surface area contributed by atoms with Crippen molar-refractivity contribution in [2.45, 2.75) is 12.3 Å². The van der Waals surface area contributed by atoms with Crippen LogP contribution in [0.15, 0.2) is 16.6 Å². The second-order valence-electron chi connectivity index (χ2n) is 3.30. The number of carbonyl (C=O) groups excluding carboxylic acids is 2. The number of rotatable bonds is 2. The van der Waals surface area contributed by atoms with Crippen LogP contribution in [-0.4, -0.2) is 17.3 Å². The molecule has 3 amide bonds. The lowest BCUT2D eigenvalue weighted by Crippen LogP contribution is -2.38. The predicted molar refractivity (Wildman–Crippen MR) is 76.6 cm³/mol. The molecule has 0 heterocycles. The zero-order valence-electron chi connectivity index (χ0n) is 9.06. The minimum absolute atomic E-state index is 0.217. The fraction of sp³-hybridized carbons (Fsp3) is 0.200. The maximum Gasteiger partial charge on any atom is 0.326 e. The maximum absolute atomic E-state index is 11.5. The monoisotopic (exact) mass is 372 g/mol. The van der Waals surface area contributed by atoms with E-state index in [4.69, 9.17) is 34.8 Å². The second kappa shape index (κ2) is 6.61. The van der Waals surface area contributed by atoms with Crippen molar-refractivity contribution in [3.05, 3.63) is 26.7 Å².